The predicted octanol–water partition coefficient (Wildman–Crippen LogP) is 4.82. The maximum absolute atomic E-state index is 13.6. The molecule has 0 saturated heterocycles. The lowest BCUT2D eigenvalue weighted by atomic mass is 9.97. The van der Waals surface area contributed by atoms with Gasteiger partial charge in [-0.15, -0.1) is 0 Å². The first-order valence-electron chi connectivity index (χ1n) is 12.6. The zero-order valence-electron chi connectivity index (χ0n) is 22.0. The van der Waals surface area contributed by atoms with Gasteiger partial charge in [0, 0.05) is 11.1 Å². The van der Waals surface area contributed by atoms with Gasteiger partial charge in [0.2, 0.25) is 16.8 Å². The van der Waals surface area contributed by atoms with Gasteiger partial charge in [-0.2, -0.15) is 0 Å². The van der Waals surface area contributed by atoms with E-state index in [0.29, 0.717) is 22.8 Å². The Balaban J connectivity index is 1.68. The standard InChI is InChI=1S/C31H28N2O6S/c1-21-13-16-25(17-14-21)40(35,36)33-29(24-15-18-26-27(19-24)39-20-38-26)30(31(34)37-2)32-28(22-9-5-3-6-10-22)23-11-7-4-8-12-23/h3-19,29-30,33H,20H2,1-2H3/t29-,30-/m0/s1. The van der Waals surface area contributed by atoms with E-state index >= 15 is 0 Å². The highest BCUT2D eigenvalue weighted by molar-refractivity contribution is 7.89. The van der Waals surface area contributed by atoms with Crippen LogP contribution in [-0.2, 0) is 19.6 Å². The molecule has 1 aliphatic heterocycles. The molecule has 0 aromatic heterocycles. The molecule has 0 bridgehead atoms. The zero-order valence-corrected chi connectivity index (χ0v) is 22.8. The van der Waals surface area contributed by atoms with Crippen molar-refractivity contribution >= 4 is 21.7 Å². The Hall–Kier alpha value is -4.47. The lowest BCUT2D eigenvalue weighted by Gasteiger charge is -2.25. The van der Waals surface area contributed by atoms with Gasteiger partial charge in [-0.25, -0.2) is 17.9 Å². The summed E-state index contributed by atoms with van der Waals surface area (Å²) < 4.78 is 46.2. The van der Waals surface area contributed by atoms with Crippen LogP contribution in [0.3, 0.4) is 0 Å². The Kier molecular flexibility index (Phi) is 7.95. The molecule has 0 fully saturated rings. The van der Waals surface area contributed by atoms with Crippen LogP contribution < -0.4 is 14.2 Å². The number of ether oxygens (including phenoxy) is 3. The Morgan fingerprint density at radius 1 is 0.850 bits per heavy atom. The molecule has 1 heterocycles. The second-order valence-corrected chi connectivity index (χ2v) is 10.9. The van der Waals surface area contributed by atoms with E-state index in [4.69, 9.17) is 19.2 Å². The lowest BCUT2D eigenvalue weighted by molar-refractivity contribution is -0.142. The molecule has 4 aromatic rings. The zero-order chi connectivity index (χ0) is 28.1. The second kappa shape index (κ2) is 11.7. The summed E-state index contributed by atoms with van der Waals surface area (Å²) in [6, 6.07) is 27.8. The number of nitrogens with one attached hydrogen (secondary N) is 1. The molecular formula is C31H28N2O6S. The van der Waals surface area contributed by atoms with Gasteiger partial charge in [-0.05, 0) is 36.8 Å². The van der Waals surface area contributed by atoms with Gasteiger partial charge >= 0.3 is 5.97 Å². The number of aryl methyl sites for hydroxylation is 1. The number of aliphatic imine (C=N–C) groups is 1. The van der Waals surface area contributed by atoms with Gasteiger partial charge in [-0.1, -0.05) is 84.4 Å². The van der Waals surface area contributed by atoms with Gasteiger partial charge in [0.25, 0.3) is 0 Å². The summed E-state index contributed by atoms with van der Waals surface area (Å²) in [7, 11) is -2.84. The van der Waals surface area contributed by atoms with Crippen LogP contribution >= 0.6 is 0 Å². The molecule has 9 heteroatoms. The number of hydrogen-bond acceptors (Lipinski definition) is 7. The van der Waals surface area contributed by atoms with Gasteiger partial charge in [0.1, 0.15) is 0 Å². The summed E-state index contributed by atoms with van der Waals surface area (Å²) in [5.74, 6) is 0.255. The number of benzene rings is 4. The average Bonchev–Trinajstić information content (AvgIpc) is 3.46. The SMILES string of the molecule is COC(=O)[C@@H](N=C(c1ccccc1)c1ccccc1)[C@@H](NS(=O)(=O)c1ccc(C)cc1)c1ccc2c(c1)OCO2. The minimum Gasteiger partial charge on any atom is -0.467 e. The first kappa shape index (κ1) is 27.1. The molecule has 0 spiro atoms. The van der Waals surface area contributed by atoms with E-state index in [0.717, 1.165) is 16.7 Å². The first-order chi connectivity index (χ1) is 19.4. The molecule has 8 nitrogen and oxygen atoms in total. The quantitative estimate of drug-likeness (QED) is 0.234. The molecule has 0 unspecified atom stereocenters. The number of rotatable bonds is 9. The van der Waals surface area contributed by atoms with Crippen molar-refractivity contribution in [1.82, 2.24) is 4.72 Å². The number of nitrogens with zero attached hydrogens (tertiary/aromatic N) is 1. The van der Waals surface area contributed by atoms with Crippen molar-refractivity contribution in [2.75, 3.05) is 13.9 Å². The highest BCUT2D eigenvalue weighted by Gasteiger charge is 2.36. The summed E-state index contributed by atoms with van der Waals surface area (Å²) in [6.07, 6.45) is 0. The van der Waals surface area contributed by atoms with Crippen LogP contribution in [0.15, 0.2) is 113 Å². The third kappa shape index (κ3) is 5.90. The number of carbonyl (C=O) groups excluding carboxylic acids is 1. The maximum atomic E-state index is 13.6. The maximum Gasteiger partial charge on any atom is 0.332 e. The Morgan fingerprint density at radius 3 is 2.05 bits per heavy atom. The molecular weight excluding hydrogens is 528 g/mol. The van der Waals surface area contributed by atoms with Crippen molar-refractivity contribution in [3.63, 3.8) is 0 Å². The second-order valence-electron chi connectivity index (χ2n) is 9.20. The monoisotopic (exact) mass is 556 g/mol. The molecule has 40 heavy (non-hydrogen) atoms. The van der Waals surface area contributed by atoms with Gasteiger partial charge in [0.15, 0.2) is 17.5 Å². The van der Waals surface area contributed by atoms with Crippen molar-refractivity contribution in [3.8, 4) is 11.5 Å². The van der Waals surface area contributed by atoms with E-state index in [1.807, 2.05) is 67.6 Å². The van der Waals surface area contributed by atoms with E-state index in [1.165, 1.54) is 19.2 Å². The van der Waals surface area contributed by atoms with Gasteiger partial charge in [-0.3, -0.25) is 4.99 Å². The average molecular weight is 557 g/mol. The summed E-state index contributed by atoms with van der Waals surface area (Å²) in [4.78, 5) is 18.4. The van der Waals surface area contributed by atoms with Crippen LogP contribution in [-0.4, -0.2) is 40.0 Å². The third-order valence-electron chi connectivity index (χ3n) is 6.49. The number of fused-ring (bicyclic) bond motifs is 1. The molecule has 5 rings (SSSR count). The number of hydrogen-bond donors (Lipinski definition) is 1. The fourth-order valence-electron chi connectivity index (χ4n) is 4.40. The fraction of sp³-hybridized carbons (Fsp3) is 0.161. The number of esters is 1. The van der Waals surface area contributed by atoms with Crippen LogP contribution in [0.25, 0.3) is 0 Å². The highest BCUT2D eigenvalue weighted by Crippen LogP contribution is 2.36. The Bertz CT molecular complexity index is 1580. The molecule has 0 amide bonds. The van der Waals surface area contributed by atoms with E-state index in [2.05, 4.69) is 4.72 Å². The van der Waals surface area contributed by atoms with E-state index < -0.39 is 28.1 Å². The van der Waals surface area contributed by atoms with E-state index in [-0.39, 0.29) is 11.7 Å². The van der Waals surface area contributed by atoms with Gasteiger partial charge < -0.3 is 14.2 Å². The Labute approximate surface area is 233 Å². The summed E-state index contributed by atoms with van der Waals surface area (Å²) in [5, 5.41) is 0. The number of sulfonamides is 1. The highest BCUT2D eigenvalue weighted by atomic mass is 32.2. The van der Waals surface area contributed by atoms with Crippen LogP contribution in [0, 0.1) is 6.92 Å². The van der Waals surface area contributed by atoms with Crippen molar-refractivity contribution in [1.29, 1.82) is 0 Å². The van der Waals surface area contributed by atoms with E-state index in [1.54, 1.807) is 30.3 Å². The fourth-order valence-corrected chi connectivity index (χ4v) is 5.63. The molecule has 204 valence electrons. The van der Waals surface area contributed by atoms with Gasteiger partial charge in [0.05, 0.1) is 23.8 Å². The first-order valence-corrected chi connectivity index (χ1v) is 14.1. The molecule has 1 N–H and O–H groups in total. The molecule has 1 aliphatic rings. The smallest absolute Gasteiger partial charge is 0.332 e. The largest absolute Gasteiger partial charge is 0.467 e. The van der Waals surface area contributed by atoms with Crippen molar-refractivity contribution in [2.45, 2.75) is 23.9 Å². The normalized spacial score (nSPS) is 13.8. The lowest BCUT2D eigenvalue weighted by Crippen LogP contribution is -2.40. The predicted molar refractivity (Wildman–Crippen MR) is 151 cm³/mol. The molecule has 0 radical (unpaired) electrons. The van der Waals surface area contributed by atoms with Crippen molar-refractivity contribution in [2.24, 2.45) is 4.99 Å². The van der Waals surface area contributed by atoms with E-state index in [9.17, 15) is 13.2 Å². The van der Waals surface area contributed by atoms with Crippen LogP contribution in [0.5, 0.6) is 11.5 Å². The summed E-state index contributed by atoms with van der Waals surface area (Å²) in [5.41, 5.74) is 3.40. The molecule has 4 aromatic carbocycles. The van der Waals surface area contributed by atoms with Crippen molar-refractivity contribution in [3.05, 3.63) is 125 Å². The van der Waals surface area contributed by atoms with Crippen LogP contribution in [0.2, 0.25) is 0 Å². The minimum absolute atomic E-state index is 0.0449. The molecule has 0 aliphatic carbocycles. The van der Waals surface area contributed by atoms with Crippen LogP contribution in [0.4, 0.5) is 0 Å². The Morgan fingerprint density at radius 2 is 1.45 bits per heavy atom. The summed E-state index contributed by atoms with van der Waals surface area (Å²) >= 11 is 0. The topological polar surface area (TPSA) is 103 Å². The number of carbonyl (C=O) groups is 1. The third-order valence-corrected chi connectivity index (χ3v) is 7.95. The minimum atomic E-state index is -4.09. The van der Waals surface area contributed by atoms with Crippen molar-refractivity contribution < 1.29 is 27.4 Å². The van der Waals surface area contributed by atoms with Crippen LogP contribution in [0.1, 0.15) is 28.3 Å². The number of methoxy groups -OCH3 is 1. The molecule has 2 atom stereocenters. The summed E-state index contributed by atoms with van der Waals surface area (Å²) in [6.45, 7) is 1.92. The molecule has 0 saturated carbocycles.